The molecule has 0 aliphatic carbocycles. The van der Waals surface area contributed by atoms with Crippen LogP contribution in [-0.2, 0) is 0 Å². The topological polar surface area (TPSA) is 0 Å². The van der Waals surface area contributed by atoms with E-state index in [0.29, 0.717) is 0 Å². The van der Waals surface area contributed by atoms with Crippen LogP contribution in [0, 0.1) is 0 Å². The average Bonchev–Trinajstić information content (AvgIpc) is 2.51. The van der Waals surface area contributed by atoms with Crippen molar-refractivity contribution in [1.29, 1.82) is 0 Å². The molecule has 0 saturated heterocycles. The lowest BCUT2D eigenvalue weighted by Gasteiger charge is -2.53. The highest BCUT2D eigenvalue weighted by atomic mass is 13.3. The minimum Gasteiger partial charge on any atom is -0.690 e. The van der Waals surface area contributed by atoms with Crippen LogP contribution in [0.1, 0.15) is 0 Å². The van der Waals surface area contributed by atoms with Gasteiger partial charge in [-0.2, -0.15) is 0 Å². The molecule has 0 aliphatic heterocycles. The molecule has 0 atom stereocenters. The van der Waals surface area contributed by atoms with Gasteiger partial charge in [-0.1, -0.05) is 6.39 Å². The molecule has 33 radical (unpaired) electrons. The third-order valence-corrected chi connectivity index (χ3v) is 5.56. The third kappa shape index (κ3) is 8.63. The predicted molar refractivity (Wildman–Crippen MR) is 167 cm³/mol. The maximum atomic E-state index is 6.01. The largest absolute Gasteiger partial charge is 0.690 e. The molecule has 0 aliphatic rings. The van der Waals surface area contributed by atoms with Crippen molar-refractivity contribution in [3.63, 3.8) is 0 Å². The van der Waals surface area contributed by atoms with E-state index in [-0.39, 0.29) is 0 Å². The molecule has 0 N–H and O–H groups in total. The zero-order valence-corrected chi connectivity index (χ0v) is 16.7. The Kier molecular flexibility index (Phi) is 15.1. The standard InChI is InChI=1S/B29/c1-16-24(17(2)3)28(25(18(4)5)19(6)7)29(26(20(8)9)21(10)11)27(22(12)13)23(14)15/q-2. The van der Waals surface area contributed by atoms with Crippen molar-refractivity contribution >= 4 is 206 Å². The summed E-state index contributed by atoms with van der Waals surface area (Å²) < 4.78 is 0. The van der Waals surface area contributed by atoms with Gasteiger partial charge < -0.3 is 15.5 Å². The smallest absolute Gasteiger partial charge is 0.0000000000941 e. The van der Waals surface area contributed by atoms with Crippen molar-refractivity contribution < 1.29 is 0 Å². The summed E-state index contributed by atoms with van der Waals surface area (Å²) in [5.41, 5.74) is 0. The van der Waals surface area contributed by atoms with Gasteiger partial charge in [-0.05, 0) is 171 Å². The lowest BCUT2D eigenvalue weighted by Crippen LogP contribution is -2.87. The number of rotatable bonds is 13. The predicted octanol–water partition coefficient (Wildman–Crippen LogP) is -11.0. The molecular weight excluding hydrogens is 314 g/mol. The van der Waals surface area contributed by atoms with Crippen molar-refractivity contribution in [2.75, 3.05) is 0 Å². The summed E-state index contributed by atoms with van der Waals surface area (Å²) in [6.07, 6.45) is -11.9. The summed E-state index contributed by atoms with van der Waals surface area (Å²) in [6, 6.07) is 0. The van der Waals surface area contributed by atoms with Crippen LogP contribution in [0.3, 0.4) is 0 Å². The highest BCUT2D eigenvalue weighted by molar-refractivity contribution is 8.26. The fraction of sp³-hybridized carbons (Fsp3) is 0. The maximum Gasteiger partial charge on any atom is -0.0000000000941 e. The van der Waals surface area contributed by atoms with Gasteiger partial charge in [0.05, 0.1) is 0 Å². The van der Waals surface area contributed by atoms with Crippen LogP contribution in [0.2, 0.25) is 0 Å². The Hall–Kier alpha value is 1.88. The van der Waals surface area contributed by atoms with Crippen molar-refractivity contribution in [3.05, 3.63) is 0 Å². The van der Waals surface area contributed by atoms with Crippen LogP contribution < -0.4 is 0 Å². The maximum absolute atomic E-state index is 6.01. The Morgan fingerprint density at radius 2 is 0.655 bits per heavy atom. The van der Waals surface area contributed by atoms with Crippen molar-refractivity contribution in [1.82, 2.24) is 0 Å². The van der Waals surface area contributed by atoms with Crippen LogP contribution in [0.5, 0.6) is 0 Å². The van der Waals surface area contributed by atoms with E-state index in [1.165, 1.54) is 7.06 Å². The van der Waals surface area contributed by atoms with E-state index < -0.39 is 83.0 Å². The summed E-state index contributed by atoms with van der Waals surface area (Å²) in [5, 5.41) is 0. The minimum atomic E-state index is -1.03. The first-order chi connectivity index (χ1) is 13.2. The van der Waals surface area contributed by atoms with Crippen LogP contribution in [0.15, 0.2) is 0 Å². The van der Waals surface area contributed by atoms with Crippen LogP contribution >= 0.6 is 0 Å². The normalized spacial score (nSPS) is 9.45. The number of hydrogen-bond acceptors (Lipinski definition) is 0. The van der Waals surface area contributed by atoms with Gasteiger partial charge in [0, 0.05) is 0 Å². The zero-order chi connectivity index (χ0) is 23.2. The molecule has 89 valence electrons. The molecule has 0 spiro atoms. The summed E-state index contributed by atoms with van der Waals surface area (Å²) in [6.45, 7) is 0. The van der Waals surface area contributed by atoms with Gasteiger partial charge in [0.1, 0.15) is 0 Å². The second kappa shape index (κ2) is 14.2. The molecule has 0 unspecified atom stereocenters. The SMILES string of the molecule is [B]B([B])B(B([B])[B])B(B([B][B-])B([B])[B-])B(B(B([B])[B])B([B])[B])B(B([B])[B])B([B])[B]. The monoisotopic (exact) mass is 319 g/mol. The van der Waals surface area contributed by atoms with Crippen molar-refractivity contribution in [2.45, 2.75) is 0 Å². The van der Waals surface area contributed by atoms with Crippen LogP contribution in [0.4, 0.5) is 0 Å². The van der Waals surface area contributed by atoms with Gasteiger partial charge in [-0.3, -0.25) is 7.06 Å². The molecule has 0 aromatic rings. The molecule has 0 aromatic carbocycles. The first-order valence-electron chi connectivity index (χ1n) is 9.33. The molecule has 0 heterocycles. The van der Waals surface area contributed by atoms with Crippen LogP contribution in [0.25, 0.3) is 0 Å². The van der Waals surface area contributed by atoms with Crippen molar-refractivity contribution in [2.24, 2.45) is 0 Å². The molecule has 29 heteroatoms. The van der Waals surface area contributed by atoms with E-state index in [2.05, 4.69) is 0 Å². The Balaban J connectivity index is 6.97. The lowest BCUT2D eigenvalue weighted by molar-refractivity contribution is 3.26. The summed E-state index contributed by atoms with van der Waals surface area (Å²) in [5.74, 6) is 0. The first-order valence-corrected chi connectivity index (χ1v) is 9.33. The lowest BCUT2D eigenvalue weighted by atomic mass is 8.32. The fourth-order valence-corrected chi connectivity index (χ4v) is 4.36. The highest BCUT2D eigenvalue weighted by Crippen LogP contribution is 2.13. The molecule has 0 nitrogen and oxygen atoms in total. The Labute approximate surface area is 205 Å². The fourth-order valence-electron chi connectivity index (χ4n) is 4.36. The second-order valence-electron chi connectivity index (χ2n) is 7.70. The minimum absolute atomic E-state index is 0.741. The van der Waals surface area contributed by atoms with E-state index in [4.69, 9.17) is 116 Å². The Morgan fingerprint density at radius 1 is 0.414 bits per heavy atom. The van der Waals surface area contributed by atoms with E-state index in [9.17, 15) is 0 Å². The molecule has 0 aromatic heterocycles. The zero-order valence-electron chi connectivity index (χ0n) is 16.7. The third-order valence-electron chi connectivity index (χ3n) is 5.56. The Morgan fingerprint density at radius 3 is 0.828 bits per heavy atom. The molecule has 29 heavy (non-hydrogen) atoms. The molecule has 0 saturated carbocycles. The van der Waals surface area contributed by atoms with Crippen LogP contribution in [-0.4, -0.2) is 206 Å². The van der Waals surface area contributed by atoms with Gasteiger partial charge in [-0.15, -0.1) is 0 Å². The average molecular weight is 314 g/mol. The Bertz CT molecular complexity index is 368. The molecule has 0 rings (SSSR count). The van der Waals surface area contributed by atoms with Gasteiger partial charge >= 0.3 is 0 Å². The number of hydrogen-bond donors (Lipinski definition) is 0. The van der Waals surface area contributed by atoms with Crippen molar-refractivity contribution in [3.8, 4) is 0 Å². The quantitative estimate of drug-likeness (QED) is 0.296. The van der Waals surface area contributed by atoms with Gasteiger partial charge in [0.2, 0.25) is 0 Å². The second-order valence-corrected chi connectivity index (χ2v) is 7.70. The first kappa shape index (κ1) is 30.9. The van der Waals surface area contributed by atoms with E-state index in [1.807, 2.05) is 0 Å². The van der Waals surface area contributed by atoms with Gasteiger partial charge in [0.25, 0.3) is 0 Å². The van der Waals surface area contributed by atoms with Gasteiger partial charge in [0.15, 0.2) is 0 Å². The molecule has 0 fully saturated rings. The molecular formula is B29-2. The van der Waals surface area contributed by atoms with E-state index in [1.54, 1.807) is 0 Å². The molecule has 0 bridgehead atoms. The summed E-state index contributed by atoms with van der Waals surface area (Å²) >= 11 is 0. The summed E-state index contributed by atoms with van der Waals surface area (Å²) in [7, 11) is 91.2. The van der Waals surface area contributed by atoms with E-state index in [0.717, 1.165) is 0 Å². The molecule has 0 amide bonds. The van der Waals surface area contributed by atoms with Gasteiger partial charge in [-0.25, -0.2) is 6.39 Å². The summed E-state index contributed by atoms with van der Waals surface area (Å²) in [4.78, 5) is 0. The highest BCUT2D eigenvalue weighted by Gasteiger charge is 2.49. The van der Waals surface area contributed by atoms with E-state index >= 15 is 0 Å².